The number of esters is 1. The van der Waals surface area contributed by atoms with Crippen molar-refractivity contribution in [2.75, 3.05) is 33.3 Å². The van der Waals surface area contributed by atoms with E-state index in [1.807, 2.05) is 7.05 Å². The minimum absolute atomic E-state index is 0.0602. The minimum Gasteiger partial charge on any atom is -0.464 e. The van der Waals surface area contributed by atoms with Crippen LogP contribution < -0.4 is 0 Å². The van der Waals surface area contributed by atoms with Crippen molar-refractivity contribution < 1.29 is 14.3 Å². The van der Waals surface area contributed by atoms with Crippen LogP contribution >= 0.6 is 0 Å². The van der Waals surface area contributed by atoms with E-state index in [4.69, 9.17) is 4.74 Å². The van der Waals surface area contributed by atoms with E-state index in [9.17, 15) is 9.59 Å². The first-order valence-electron chi connectivity index (χ1n) is 6.79. The zero-order chi connectivity index (χ0) is 13.1. The molecule has 2 atom stereocenters. The lowest BCUT2D eigenvalue weighted by atomic mass is 10.1. The molecule has 5 nitrogen and oxygen atoms in total. The summed E-state index contributed by atoms with van der Waals surface area (Å²) in [5.41, 5.74) is 0. The normalized spacial score (nSPS) is 28.7. The summed E-state index contributed by atoms with van der Waals surface area (Å²) in [6.07, 6.45) is 2.55. The van der Waals surface area contributed by atoms with Gasteiger partial charge in [0.05, 0.1) is 12.5 Å². The Labute approximate surface area is 108 Å². The molecule has 0 aliphatic carbocycles. The van der Waals surface area contributed by atoms with E-state index in [0.717, 1.165) is 32.4 Å². The van der Waals surface area contributed by atoms with Crippen LogP contribution in [0.1, 0.15) is 26.2 Å². The summed E-state index contributed by atoms with van der Waals surface area (Å²) in [6.45, 7) is 4.65. The Balaban J connectivity index is 1.98. The molecule has 102 valence electrons. The first kappa shape index (κ1) is 13.3. The van der Waals surface area contributed by atoms with Gasteiger partial charge >= 0.3 is 5.97 Å². The van der Waals surface area contributed by atoms with Gasteiger partial charge in [-0.3, -0.25) is 4.79 Å². The van der Waals surface area contributed by atoms with Gasteiger partial charge in [-0.15, -0.1) is 0 Å². The molecule has 2 aliphatic heterocycles. The predicted molar refractivity (Wildman–Crippen MR) is 67.0 cm³/mol. The summed E-state index contributed by atoms with van der Waals surface area (Å²) >= 11 is 0. The first-order chi connectivity index (χ1) is 8.63. The maximum atomic E-state index is 12.4. The van der Waals surface area contributed by atoms with Crippen molar-refractivity contribution in [2.24, 2.45) is 5.92 Å². The van der Waals surface area contributed by atoms with Gasteiger partial charge in [0.1, 0.15) is 6.04 Å². The van der Waals surface area contributed by atoms with Crippen molar-refractivity contribution in [3.05, 3.63) is 0 Å². The smallest absolute Gasteiger partial charge is 0.328 e. The summed E-state index contributed by atoms with van der Waals surface area (Å²) < 4.78 is 5.05. The Bertz CT molecular complexity index is 332. The maximum Gasteiger partial charge on any atom is 0.328 e. The second kappa shape index (κ2) is 5.69. The number of hydrogen-bond donors (Lipinski definition) is 0. The van der Waals surface area contributed by atoms with Crippen LogP contribution in [0.4, 0.5) is 0 Å². The third kappa shape index (κ3) is 2.66. The van der Waals surface area contributed by atoms with Gasteiger partial charge in [0.2, 0.25) is 5.91 Å². The Hall–Kier alpha value is -1.10. The quantitative estimate of drug-likeness (QED) is 0.688. The van der Waals surface area contributed by atoms with Gasteiger partial charge in [-0.05, 0) is 39.8 Å². The van der Waals surface area contributed by atoms with Crippen molar-refractivity contribution in [3.63, 3.8) is 0 Å². The molecule has 0 aromatic carbocycles. The fraction of sp³-hybridized carbons (Fsp3) is 0.846. The van der Waals surface area contributed by atoms with Crippen LogP contribution in [-0.4, -0.2) is 61.0 Å². The highest BCUT2D eigenvalue weighted by Crippen LogP contribution is 2.24. The summed E-state index contributed by atoms with van der Waals surface area (Å²) in [4.78, 5) is 28.1. The van der Waals surface area contributed by atoms with E-state index in [0.29, 0.717) is 13.2 Å². The molecule has 0 saturated carbocycles. The van der Waals surface area contributed by atoms with Crippen molar-refractivity contribution in [1.82, 2.24) is 9.80 Å². The topological polar surface area (TPSA) is 49.9 Å². The summed E-state index contributed by atoms with van der Waals surface area (Å²) in [5, 5.41) is 0. The lowest BCUT2D eigenvalue weighted by molar-refractivity contribution is -0.154. The molecule has 0 N–H and O–H groups in total. The molecule has 2 fully saturated rings. The monoisotopic (exact) mass is 254 g/mol. The molecule has 2 unspecified atom stereocenters. The molecule has 0 spiro atoms. The van der Waals surface area contributed by atoms with Crippen LogP contribution in [0, 0.1) is 5.92 Å². The third-order valence-corrected chi connectivity index (χ3v) is 3.84. The van der Waals surface area contributed by atoms with E-state index >= 15 is 0 Å². The van der Waals surface area contributed by atoms with Gasteiger partial charge < -0.3 is 14.5 Å². The standard InChI is InChI=1S/C13H22N2O3/c1-3-18-13(17)11-5-4-7-15(11)12(16)10-6-8-14(2)9-10/h10-11H,3-9H2,1-2H3. The highest BCUT2D eigenvalue weighted by Gasteiger charge is 2.39. The van der Waals surface area contributed by atoms with Crippen molar-refractivity contribution >= 4 is 11.9 Å². The SMILES string of the molecule is CCOC(=O)C1CCCN1C(=O)C1CCN(C)C1. The summed E-state index contributed by atoms with van der Waals surface area (Å²) in [6, 6.07) is -0.344. The second-order valence-corrected chi connectivity index (χ2v) is 5.19. The Morgan fingerprint density at radius 3 is 2.67 bits per heavy atom. The lowest BCUT2D eigenvalue weighted by Gasteiger charge is -2.25. The third-order valence-electron chi connectivity index (χ3n) is 3.84. The van der Waals surface area contributed by atoms with Crippen molar-refractivity contribution in [1.29, 1.82) is 0 Å². The van der Waals surface area contributed by atoms with E-state index in [1.54, 1.807) is 11.8 Å². The zero-order valence-corrected chi connectivity index (χ0v) is 11.2. The molecular formula is C13H22N2O3. The van der Waals surface area contributed by atoms with Crippen LogP contribution in [0.3, 0.4) is 0 Å². The molecule has 0 radical (unpaired) electrons. The number of likely N-dealkylation sites (tertiary alicyclic amines) is 2. The largest absolute Gasteiger partial charge is 0.464 e. The average molecular weight is 254 g/mol. The number of hydrogen-bond acceptors (Lipinski definition) is 4. The molecule has 2 rings (SSSR count). The molecule has 0 aromatic heterocycles. The van der Waals surface area contributed by atoms with Crippen LogP contribution in [-0.2, 0) is 14.3 Å². The Morgan fingerprint density at radius 1 is 1.28 bits per heavy atom. The Morgan fingerprint density at radius 2 is 2.06 bits per heavy atom. The van der Waals surface area contributed by atoms with Gasteiger partial charge in [-0.2, -0.15) is 0 Å². The zero-order valence-electron chi connectivity index (χ0n) is 11.2. The lowest BCUT2D eigenvalue weighted by Crippen LogP contribution is -2.44. The van der Waals surface area contributed by atoms with Crippen LogP contribution in [0.2, 0.25) is 0 Å². The summed E-state index contributed by atoms with van der Waals surface area (Å²) in [5.74, 6) is -0.0466. The number of carbonyl (C=O) groups excluding carboxylic acids is 2. The molecule has 2 aliphatic rings. The number of amides is 1. The molecular weight excluding hydrogens is 232 g/mol. The summed E-state index contributed by atoms with van der Waals surface area (Å²) in [7, 11) is 2.03. The highest BCUT2D eigenvalue weighted by molar-refractivity contribution is 5.86. The fourth-order valence-electron chi connectivity index (χ4n) is 2.89. The molecule has 5 heteroatoms. The van der Waals surface area contributed by atoms with Gasteiger partial charge in [0.15, 0.2) is 0 Å². The van der Waals surface area contributed by atoms with E-state index in [-0.39, 0.29) is 23.8 Å². The maximum absolute atomic E-state index is 12.4. The van der Waals surface area contributed by atoms with Gasteiger partial charge in [-0.25, -0.2) is 4.79 Å². The first-order valence-corrected chi connectivity index (χ1v) is 6.79. The molecule has 1 amide bonds. The molecule has 2 saturated heterocycles. The average Bonchev–Trinajstić information content (AvgIpc) is 2.96. The van der Waals surface area contributed by atoms with E-state index in [2.05, 4.69) is 4.90 Å². The van der Waals surface area contributed by atoms with Crippen LogP contribution in [0.15, 0.2) is 0 Å². The van der Waals surface area contributed by atoms with Crippen LogP contribution in [0.25, 0.3) is 0 Å². The molecule has 18 heavy (non-hydrogen) atoms. The number of carbonyl (C=O) groups is 2. The van der Waals surface area contributed by atoms with Gasteiger partial charge in [0, 0.05) is 13.1 Å². The Kier molecular flexibility index (Phi) is 4.22. The van der Waals surface area contributed by atoms with Crippen LogP contribution in [0.5, 0.6) is 0 Å². The molecule has 0 aromatic rings. The van der Waals surface area contributed by atoms with E-state index < -0.39 is 0 Å². The molecule has 2 heterocycles. The van der Waals surface area contributed by atoms with Gasteiger partial charge in [-0.1, -0.05) is 0 Å². The number of nitrogens with zero attached hydrogens (tertiary/aromatic N) is 2. The van der Waals surface area contributed by atoms with Crippen molar-refractivity contribution in [3.8, 4) is 0 Å². The number of rotatable bonds is 3. The van der Waals surface area contributed by atoms with E-state index in [1.165, 1.54) is 0 Å². The predicted octanol–water partition coefficient (Wildman–Crippen LogP) is 0.492. The molecule has 0 bridgehead atoms. The number of ether oxygens (including phenoxy) is 1. The fourth-order valence-corrected chi connectivity index (χ4v) is 2.89. The highest BCUT2D eigenvalue weighted by atomic mass is 16.5. The van der Waals surface area contributed by atoms with Crippen molar-refractivity contribution in [2.45, 2.75) is 32.2 Å². The second-order valence-electron chi connectivity index (χ2n) is 5.19. The van der Waals surface area contributed by atoms with Gasteiger partial charge in [0.25, 0.3) is 0 Å². The minimum atomic E-state index is -0.344.